The van der Waals surface area contributed by atoms with Crippen molar-refractivity contribution in [1.29, 1.82) is 0 Å². The molecular weight excluding hydrogens is 306 g/mol. The second kappa shape index (κ2) is 11.8. The van der Waals surface area contributed by atoms with Crippen LogP contribution in [0.4, 0.5) is 0 Å². The molecule has 1 aromatic carbocycles. The van der Waals surface area contributed by atoms with E-state index in [1.54, 1.807) is 0 Å². The van der Waals surface area contributed by atoms with Crippen molar-refractivity contribution in [2.45, 2.75) is 40.0 Å². The Morgan fingerprint density at radius 2 is 1.67 bits per heavy atom. The fourth-order valence-electron chi connectivity index (χ4n) is 1.98. The van der Waals surface area contributed by atoms with Gasteiger partial charge in [-0.05, 0) is 56.2 Å². The molecule has 1 heterocycles. The first-order chi connectivity index (χ1) is 9.79. The van der Waals surface area contributed by atoms with Crippen LogP contribution in [-0.2, 0) is 4.84 Å². The van der Waals surface area contributed by atoms with Crippen molar-refractivity contribution in [1.82, 2.24) is 5.06 Å². The average Bonchev–Trinajstić information content (AvgIpc) is 2.51. The van der Waals surface area contributed by atoms with Crippen LogP contribution in [0.1, 0.15) is 45.6 Å². The number of ether oxygens (including phenoxy) is 1. The third kappa shape index (κ3) is 7.11. The summed E-state index contributed by atoms with van der Waals surface area (Å²) in [4.78, 5) is 5.70. The zero-order valence-corrected chi connectivity index (χ0v) is 14.8. The lowest BCUT2D eigenvalue weighted by molar-refractivity contribution is -0.0820. The predicted molar refractivity (Wildman–Crippen MR) is 94.4 cm³/mol. The monoisotopic (exact) mass is 331 g/mol. The van der Waals surface area contributed by atoms with Crippen molar-refractivity contribution in [3.8, 4) is 5.75 Å². The largest absolute Gasteiger partial charge is 0.494 e. The standard InChI is InChI=1S/C14H19NO2S.C2H6.ClH/c1-2-16-13-8-6-12(7-9-13)14(18)17-15-10-4-3-5-11-15;1-2;/h6-9H,2-5,10-11H2,1H3;1-2H3;1H. The molecule has 0 aliphatic carbocycles. The minimum absolute atomic E-state index is 0. The molecule has 0 spiro atoms. The fraction of sp³-hybridized carbons (Fsp3) is 0.562. The van der Waals surface area contributed by atoms with Crippen LogP contribution in [0, 0.1) is 0 Å². The maximum atomic E-state index is 5.70. The van der Waals surface area contributed by atoms with Gasteiger partial charge < -0.3 is 9.57 Å². The lowest BCUT2D eigenvalue weighted by Crippen LogP contribution is -2.32. The van der Waals surface area contributed by atoms with Gasteiger partial charge in [-0.25, -0.2) is 0 Å². The molecule has 2 rings (SSSR count). The molecule has 0 amide bonds. The molecule has 1 aromatic rings. The molecule has 0 saturated carbocycles. The van der Waals surface area contributed by atoms with Gasteiger partial charge in [-0.3, -0.25) is 0 Å². The normalized spacial score (nSPS) is 14.2. The van der Waals surface area contributed by atoms with Gasteiger partial charge in [-0.2, -0.15) is 0 Å². The Balaban J connectivity index is 0.00000128. The quantitative estimate of drug-likeness (QED) is 0.750. The summed E-state index contributed by atoms with van der Waals surface area (Å²) in [6.07, 6.45) is 3.66. The first-order valence-electron chi connectivity index (χ1n) is 7.49. The zero-order valence-electron chi connectivity index (χ0n) is 13.1. The summed E-state index contributed by atoms with van der Waals surface area (Å²) >= 11 is 5.30. The van der Waals surface area contributed by atoms with E-state index in [2.05, 4.69) is 0 Å². The topological polar surface area (TPSA) is 21.7 Å². The Bertz CT molecular complexity index is 392. The summed E-state index contributed by atoms with van der Waals surface area (Å²) in [5, 5.41) is 2.50. The maximum Gasteiger partial charge on any atom is 0.218 e. The average molecular weight is 332 g/mol. The number of halogens is 1. The van der Waals surface area contributed by atoms with Gasteiger partial charge in [-0.15, -0.1) is 17.5 Å². The highest BCUT2D eigenvalue weighted by molar-refractivity contribution is 7.80. The number of piperidine rings is 1. The van der Waals surface area contributed by atoms with Crippen LogP contribution < -0.4 is 4.74 Å². The second-order valence-corrected chi connectivity index (χ2v) is 4.70. The van der Waals surface area contributed by atoms with Crippen molar-refractivity contribution in [2.24, 2.45) is 0 Å². The van der Waals surface area contributed by atoms with Gasteiger partial charge >= 0.3 is 0 Å². The summed E-state index contributed by atoms with van der Waals surface area (Å²) in [6, 6.07) is 7.73. The molecule has 1 aliphatic rings. The molecule has 5 heteroatoms. The van der Waals surface area contributed by atoms with Gasteiger partial charge in [0, 0.05) is 18.7 Å². The van der Waals surface area contributed by atoms with Crippen molar-refractivity contribution >= 4 is 29.7 Å². The highest BCUT2D eigenvalue weighted by atomic mass is 35.5. The number of benzene rings is 1. The fourth-order valence-corrected chi connectivity index (χ4v) is 2.22. The lowest BCUT2D eigenvalue weighted by atomic mass is 10.2. The van der Waals surface area contributed by atoms with E-state index in [9.17, 15) is 0 Å². The minimum Gasteiger partial charge on any atom is -0.494 e. The number of thiocarbonyl (C=S) groups is 1. The van der Waals surface area contributed by atoms with E-state index in [4.69, 9.17) is 21.8 Å². The van der Waals surface area contributed by atoms with Gasteiger partial charge in [-0.1, -0.05) is 20.3 Å². The second-order valence-electron chi connectivity index (χ2n) is 4.33. The van der Waals surface area contributed by atoms with Crippen molar-refractivity contribution < 1.29 is 9.57 Å². The van der Waals surface area contributed by atoms with Crippen molar-refractivity contribution in [3.63, 3.8) is 0 Å². The van der Waals surface area contributed by atoms with Crippen molar-refractivity contribution in [3.05, 3.63) is 29.8 Å². The molecule has 1 aliphatic heterocycles. The van der Waals surface area contributed by atoms with Crippen LogP contribution in [0.15, 0.2) is 24.3 Å². The molecule has 1 saturated heterocycles. The van der Waals surface area contributed by atoms with E-state index in [1.807, 2.05) is 50.1 Å². The highest BCUT2D eigenvalue weighted by Crippen LogP contribution is 2.15. The van der Waals surface area contributed by atoms with E-state index in [0.717, 1.165) is 24.4 Å². The van der Waals surface area contributed by atoms with Crippen molar-refractivity contribution in [2.75, 3.05) is 19.7 Å². The summed E-state index contributed by atoms with van der Waals surface area (Å²) in [7, 11) is 0. The number of hydroxylamine groups is 2. The van der Waals surface area contributed by atoms with Crippen LogP contribution in [0.2, 0.25) is 0 Å². The molecular formula is C16H26ClNO2S. The van der Waals surface area contributed by atoms with Crippen LogP contribution in [0.3, 0.4) is 0 Å². The summed E-state index contributed by atoms with van der Waals surface area (Å²) in [6.45, 7) is 8.58. The number of rotatable bonds is 4. The molecule has 0 bridgehead atoms. The Morgan fingerprint density at radius 3 is 2.19 bits per heavy atom. The van der Waals surface area contributed by atoms with Gasteiger partial charge in [0.25, 0.3) is 0 Å². The van der Waals surface area contributed by atoms with E-state index in [-0.39, 0.29) is 12.4 Å². The van der Waals surface area contributed by atoms with E-state index >= 15 is 0 Å². The number of nitrogens with zero attached hydrogens (tertiary/aromatic N) is 1. The van der Waals surface area contributed by atoms with Gasteiger partial charge in [0.15, 0.2) is 0 Å². The number of hydrogen-bond acceptors (Lipinski definition) is 4. The number of hydrogen-bond donors (Lipinski definition) is 0. The van der Waals surface area contributed by atoms with Crippen LogP contribution >= 0.6 is 24.6 Å². The van der Waals surface area contributed by atoms with E-state index in [1.165, 1.54) is 19.3 Å². The van der Waals surface area contributed by atoms with Gasteiger partial charge in [0.1, 0.15) is 5.75 Å². The van der Waals surface area contributed by atoms with Crippen LogP contribution in [-0.4, -0.2) is 29.8 Å². The third-order valence-corrected chi connectivity index (χ3v) is 3.24. The van der Waals surface area contributed by atoms with E-state index in [0.29, 0.717) is 11.7 Å². The molecule has 0 N–H and O–H groups in total. The van der Waals surface area contributed by atoms with E-state index < -0.39 is 0 Å². The minimum atomic E-state index is 0. The maximum absolute atomic E-state index is 5.70. The van der Waals surface area contributed by atoms with Crippen LogP contribution in [0.5, 0.6) is 5.75 Å². The zero-order chi connectivity index (χ0) is 14.8. The summed E-state index contributed by atoms with van der Waals surface area (Å²) < 4.78 is 5.40. The molecule has 1 fully saturated rings. The Kier molecular flexibility index (Phi) is 11.3. The summed E-state index contributed by atoms with van der Waals surface area (Å²) in [5.74, 6) is 0.863. The molecule has 3 nitrogen and oxygen atoms in total. The molecule has 0 radical (unpaired) electrons. The van der Waals surface area contributed by atoms with Crippen LogP contribution in [0.25, 0.3) is 0 Å². The molecule has 0 aromatic heterocycles. The summed E-state index contributed by atoms with van der Waals surface area (Å²) in [5.41, 5.74) is 0.930. The Morgan fingerprint density at radius 1 is 1.10 bits per heavy atom. The third-order valence-electron chi connectivity index (χ3n) is 2.93. The molecule has 21 heavy (non-hydrogen) atoms. The smallest absolute Gasteiger partial charge is 0.218 e. The Labute approximate surface area is 140 Å². The molecule has 0 atom stereocenters. The first kappa shape index (κ1) is 20.2. The van der Waals surface area contributed by atoms with Gasteiger partial charge in [0.2, 0.25) is 5.05 Å². The predicted octanol–water partition coefficient (Wildman–Crippen LogP) is 4.63. The van der Waals surface area contributed by atoms with Gasteiger partial charge in [0.05, 0.1) is 6.61 Å². The lowest BCUT2D eigenvalue weighted by Gasteiger charge is -2.26. The SMILES string of the molecule is CC.CCOc1ccc(C(=S)ON2CCCCC2)cc1.Cl. The highest BCUT2D eigenvalue weighted by Gasteiger charge is 2.14. The first-order valence-corrected chi connectivity index (χ1v) is 7.90. The molecule has 0 unspecified atom stereocenters. The Hall–Kier alpha value is -0.840. The molecule has 120 valence electrons.